The predicted octanol–water partition coefficient (Wildman–Crippen LogP) is 3.42. The van der Waals surface area contributed by atoms with Gasteiger partial charge in [0.25, 0.3) is 0 Å². The Balaban J connectivity index is 2.53. The molecule has 1 aromatic rings. The summed E-state index contributed by atoms with van der Waals surface area (Å²) in [7, 11) is 0. The lowest BCUT2D eigenvalue weighted by Crippen LogP contribution is -2.29. The molecule has 0 saturated carbocycles. The number of carbonyl (C=O) groups is 1. The van der Waals surface area contributed by atoms with E-state index in [2.05, 4.69) is 10.1 Å². The molecule has 0 radical (unpaired) electrons. The summed E-state index contributed by atoms with van der Waals surface area (Å²) in [6.45, 7) is 4.41. The molecule has 1 rings (SSSR count). The van der Waals surface area contributed by atoms with Crippen molar-refractivity contribution in [1.82, 2.24) is 5.32 Å². The van der Waals surface area contributed by atoms with Crippen molar-refractivity contribution in [1.29, 1.82) is 0 Å². The molecule has 1 atom stereocenters. The molecule has 0 bridgehead atoms. The Morgan fingerprint density at radius 3 is 2.59 bits per heavy atom. The summed E-state index contributed by atoms with van der Waals surface area (Å²) < 4.78 is 40.3. The first-order valence-corrected chi connectivity index (χ1v) is 6.95. The molecule has 0 aliphatic carbocycles. The molecular weight excluding hydrogens is 299 g/mol. The number of benzene rings is 1. The lowest BCUT2D eigenvalue weighted by atomic mass is 9.97. The maximum Gasteiger partial charge on any atom is 0.573 e. The zero-order chi connectivity index (χ0) is 16.8. The average Bonchev–Trinajstić information content (AvgIpc) is 2.35. The summed E-state index contributed by atoms with van der Waals surface area (Å²) in [4.78, 5) is 11.1. The van der Waals surface area contributed by atoms with E-state index in [4.69, 9.17) is 5.11 Å². The third-order valence-electron chi connectivity index (χ3n) is 2.96. The van der Waals surface area contributed by atoms with Gasteiger partial charge in [-0.15, -0.1) is 13.2 Å². The van der Waals surface area contributed by atoms with Gasteiger partial charge in [-0.2, -0.15) is 0 Å². The van der Waals surface area contributed by atoms with Gasteiger partial charge in [0.1, 0.15) is 5.75 Å². The molecule has 0 fully saturated rings. The normalized spacial score (nSPS) is 13.2. The molecule has 0 spiro atoms. The van der Waals surface area contributed by atoms with E-state index in [1.807, 2.05) is 13.8 Å². The zero-order valence-corrected chi connectivity index (χ0v) is 12.5. The number of rotatable bonds is 8. The van der Waals surface area contributed by atoms with Crippen molar-refractivity contribution < 1.29 is 27.8 Å². The number of hydrogen-bond donors (Lipinski definition) is 2. The van der Waals surface area contributed by atoms with Crippen LogP contribution in [-0.2, 0) is 11.3 Å². The molecule has 2 N–H and O–H groups in total. The Labute approximate surface area is 127 Å². The molecule has 22 heavy (non-hydrogen) atoms. The van der Waals surface area contributed by atoms with Gasteiger partial charge in [0.15, 0.2) is 0 Å². The first-order chi connectivity index (χ1) is 10.2. The fraction of sp³-hybridized carbons (Fsp3) is 0.533. The van der Waals surface area contributed by atoms with E-state index in [9.17, 15) is 18.0 Å². The van der Waals surface area contributed by atoms with Gasteiger partial charge >= 0.3 is 12.3 Å². The smallest absolute Gasteiger partial charge is 0.481 e. The number of hydrogen-bond acceptors (Lipinski definition) is 3. The molecule has 4 nitrogen and oxygen atoms in total. The van der Waals surface area contributed by atoms with E-state index in [-0.39, 0.29) is 24.8 Å². The molecule has 1 unspecified atom stereocenters. The van der Waals surface area contributed by atoms with Gasteiger partial charge in [0, 0.05) is 13.1 Å². The highest BCUT2D eigenvalue weighted by atomic mass is 19.4. The van der Waals surface area contributed by atoms with Gasteiger partial charge in [0.2, 0.25) is 0 Å². The Hall–Kier alpha value is -1.76. The highest BCUT2D eigenvalue weighted by Gasteiger charge is 2.31. The highest BCUT2D eigenvalue weighted by Crippen LogP contribution is 2.23. The van der Waals surface area contributed by atoms with Gasteiger partial charge < -0.3 is 15.2 Å². The number of carboxylic acid groups (broad SMARTS) is 1. The van der Waals surface area contributed by atoms with E-state index in [0.29, 0.717) is 12.0 Å². The number of aliphatic carboxylic acids is 1. The summed E-state index contributed by atoms with van der Waals surface area (Å²) in [6, 6.07) is 5.60. The van der Waals surface area contributed by atoms with Crippen LogP contribution in [0.1, 0.15) is 25.8 Å². The van der Waals surface area contributed by atoms with Gasteiger partial charge in [-0.25, -0.2) is 0 Å². The first-order valence-electron chi connectivity index (χ1n) is 6.95. The Morgan fingerprint density at radius 1 is 1.36 bits per heavy atom. The van der Waals surface area contributed by atoms with Crippen LogP contribution in [0.2, 0.25) is 0 Å². The van der Waals surface area contributed by atoms with Crippen LogP contribution in [0.25, 0.3) is 0 Å². The second-order valence-electron chi connectivity index (χ2n) is 5.49. The lowest BCUT2D eigenvalue weighted by Gasteiger charge is -2.15. The number of alkyl halides is 3. The Morgan fingerprint density at radius 2 is 2.05 bits per heavy atom. The van der Waals surface area contributed by atoms with Gasteiger partial charge in [-0.3, -0.25) is 4.79 Å². The van der Waals surface area contributed by atoms with Crippen molar-refractivity contribution in [2.24, 2.45) is 11.8 Å². The molecule has 1 aromatic carbocycles. The van der Waals surface area contributed by atoms with Crippen LogP contribution in [0.3, 0.4) is 0 Å². The highest BCUT2D eigenvalue weighted by molar-refractivity contribution is 5.70. The molecule has 0 aromatic heterocycles. The lowest BCUT2D eigenvalue weighted by molar-refractivity contribution is -0.274. The third-order valence-corrected chi connectivity index (χ3v) is 2.96. The largest absolute Gasteiger partial charge is 0.573 e. The van der Waals surface area contributed by atoms with E-state index in [1.54, 1.807) is 6.07 Å². The number of halogens is 3. The zero-order valence-electron chi connectivity index (χ0n) is 12.5. The first kappa shape index (κ1) is 18.3. The standard InChI is InChI=1S/C15H20F3NO3/c1-10(2)6-12(14(20)21)9-19-8-11-4-3-5-13(7-11)22-15(16,17)18/h3-5,7,10,12,19H,6,8-9H2,1-2H3,(H,20,21). The number of carboxylic acids is 1. The van der Waals surface area contributed by atoms with Crippen LogP contribution in [0, 0.1) is 11.8 Å². The van der Waals surface area contributed by atoms with Crippen molar-refractivity contribution in [2.75, 3.05) is 6.54 Å². The Kier molecular flexibility index (Phi) is 6.67. The van der Waals surface area contributed by atoms with Crippen LogP contribution in [-0.4, -0.2) is 24.0 Å². The third kappa shape index (κ3) is 7.31. The minimum atomic E-state index is -4.72. The minimum absolute atomic E-state index is 0.256. The average molecular weight is 319 g/mol. The van der Waals surface area contributed by atoms with Crippen molar-refractivity contribution in [2.45, 2.75) is 33.2 Å². The van der Waals surface area contributed by atoms with Crippen molar-refractivity contribution in [3.05, 3.63) is 29.8 Å². The number of nitrogens with one attached hydrogen (secondary N) is 1. The van der Waals surface area contributed by atoms with E-state index in [1.165, 1.54) is 18.2 Å². The summed E-state index contributed by atoms with van der Waals surface area (Å²) in [5, 5.41) is 12.1. The summed E-state index contributed by atoms with van der Waals surface area (Å²) >= 11 is 0. The number of ether oxygens (including phenoxy) is 1. The van der Waals surface area contributed by atoms with Crippen molar-refractivity contribution in [3.63, 3.8) is 0 Å². The monoisotopic (exact) mass is 319 g/mol. The van der Waals surface area contributed by atoms with E-state index >= 15 is 0 Å². The van der Waals surface area contributed by atoms with Crippen molar-refractivity contribution in [3.8, 4) is 5.75 Å². The summed E-state index contributed by atoms with van der Waals surface area (Å²) in [6.07, 6.45) is -4.18. The second-order valence-corrected chi connectivity index (χ2v) is 5.49. The molecule has 0 amide bonds. The minimum Gasteiger partial charge on any atom is -0.481 e. The fourth-order valence-corrected chi connectivity index (χ4v) is 2.08. The molecule has 0 saturated heterocycles. The maximum absolute atomic E-state index is 12.1. The van der Waals surface area contributed by atoms with Gasteiger partial charge in [0.05, 0.1) is 5.92 Å². The molecule has 0 heterocycles. The topological polar surface area (TPSA) is 58.6 Å². The second kappa shape index (κ2) is 8.03. The summed E-state index contributed by atoms with van der Waals surface area (Å²) in [5.74, 6) is -1.43. The molecule has 124 valence electrons. The SMILES string of the molecule is CC(C)CC(CNCc1cccc(OC(F)(F)F)c1)C(=O)O. The Bertz CT molecular complexity index is 489. The van der Waals surface area contributed by atoms with Crippen LogP contribution in [0.15, 0.2) is 24.3 Å². The van der Waals surface area contributed by atoms with E-state index < -0.39 is 18.2 Å². The van der Waals surface area contributed by atoms with Crippen LogP contribution in [0.5, 0.6) is 5.75 Å². The van der Waals surface area contributed by atoms with Crippen LogP contribution >= 0.6 is 0 Å². The van der Waals surface area contributed by atoms with Crippen molar-refractivity contribution >= 4 is 5.97 Å². The van der Waals surface area contributed by atoms with Crippen LogP contribution < -0.4 is 10.1 Å². The quantitative estimate of drug-likeness (QED) is 0.771. The van der Waals surface area contributed by atoms with Gasteiger partial charge in [-0.1, -0.05) is 26.0 Å². The van der Waals surface area contributed by atoms with Crippen LogP contribution in [0.4, 0.5) is 13.2 Å². The predicted molar refractivity (Wildman–Crippen MR) is 75.4 cm³/mol. The molecule has 0 aliphatic heterocycles. The maximum atomic E-state index is 12.1. The summed E-state index contributed by atoms with van der Waals surface area (Å²) in [5.41, 5.74) is 0.593. The molecular formula is C15H20F3NO3. The molecule has 7 heteroatoms. The fourth-order valence-electron chi connectivity index (χ4n) is 2.08. The van der Waals surface area contributed by atoms with E-state index in [0.717, 1.165) is 0 Å². The molecule has 0 aliphatic rings. The van der Waals surface area contributed by atoms with Gasteiger partial charge in [-0.05, 0) is 30.0 Å².